The van der Waals surface area contributed by atoms with Gasteiger partial charge in [-0.1, -0.05) is 31.2 Å². The van der Waals surface area contributed by atoms with E-state index in [1.807, 2.05) is 0 Å². The molecule has 0 saturated carbocycles. The minimum atomic E-state index is 0.701. The van der Waals surface area contributed by atoms with Gasteiger partial charge >= 0.3 is 0 Å². The average Bonchev–Trinajstić information content (AvgIpc) is 3.11. The first-order valence-corrected chi connectivity index (χ1v) is 7.92. The highest BCUT2D eigenvalue weighted by Crippen LogP contribution is 2.44. The monoisotopic (exact) mass is 256 g/mol. The Balaban J connectivity index is 1.63. The lowest BCUT2D eigenvalue weighted by atomic mass is 9.92. The zero-order valence-corrected chi connectivity index (χ0v) is 11.8. The van der Waals surface area contributed by atoms with Crippen LogP contribution in [0.25, 0.3) is 0 Å². The predicted octanol–water partition coefficient (Wildman–Crippen LogP) is 2.60. The number of hydrogen-bond acceptors (Lipinski definition) is 2. The Labute approximate surface area is 116 Å². The van der Waals surface area contributed by atoms with Crippen molar-refractivity contribution in [3.05, 3.63) is 35.4 Å². The maximum Gasteiger partial charge on any atom is 0.0357 e. The molecule has 4 unspecified atom stereocenters. The topological polar surface area (TPSA) is 15.3 Å². The minimum Gasteiger partial charge on any atom is -0.316 e. The van der Waals surface area contributed by atoms with Gasteiger partial charge in [-0.3, -0.25) is 4.90 Å². The van der Waals surface area contributed by atoms with E-state index >= 15 is 0 Å². The molecule has 0 spiro atoms. The lowest BCUT2D eigenvalue weighted by Gasteiger charge is -2.33. The molecule has 4 rings (SSSR count). The van der Waals surface area contributed by atoms with E-state index in [-0.39, 0.29) is 0 Å². The average molecular weight is 256 g/mol. The molecule has 0 aromatic heterocycles. The lowest BCUT2D eigenvalue weighted by Crippen LogP contribution is -2.37. The molecule has 0 radical (unpaired) electrons. The molecule has 2 nitrogen and oxygen atoms in total. The van der Waals surface area contributed by atoms with Crippen LogP contribution in [0.2, 0.25) is 0 Å². The maximum absolute atomic E-state index is 3.59. The molecule has 1 aliphatic carbocycles. The first-order valence-electron chi connectivity index (χ1n) is 7.92. The van der Waals surface area contributed by atoms with Crippen LogP contribution in [0.3, 0.4) is 0 Å². The number of hydrogen-bond donors (Lipinski definition) is 1. The SMILES string of the molecule is CCC1C2CNCC2CN1C1CCc2ccccc21. The summed E-state index contributed by atoms with van der Waals surface area (Å²) in [4.78, 5) is 2.85. The molecular formula is C17H24N2. The van der Waals surface area contributed by atoms with Crippen molar-refractivity contribution in [2.45, 2.75) is 38.3 Å². The van der Waals surface area contributed by atoms with Crippen LogP contribution in [0.1, 0.15) is 36.9 Å². The van der Waals surface area contributed by atoms with Crippen molar-refractivity contribution >= 4 is 0 Å². The van der Waals surface area contributed by atoms with Crippen LogP contribution in [0.15, 0.2) is 24.3 Å². The van der Waals surface area contributed by atoms with Gasteiger partial charge in [-0.15, -0.1) is 0 Å². The highest BCUT2D eigenvalue weighted by atomic mass is 15.2. The number of benzene rings is 1. The van der Waals surface area contributed by atoms with Crippen LogP contribution >= 0.6 is 0 Å². The van der Waals surface area contributed by atoms with Gasteiger partial charge in [0.25, 0.3) is 0 Å². The third-order valence-corrected chi connectivity index (χ3v) is 5.68. The fourth-order valence-electron chi connectivity index (χ4n) is 4.83. The zero-order chi connectivity index (χ0) is 12.8. The molecule has 1 N–H and O–H groups in total. The number of nitrogens with one attached hydrogen (secondary N) is 1. The van der Waals surface area contributed by atoms with E-state index < -0.39 is 0 Å². The largest absolute Gasteiger partial charge is 0.316 e. The van der Waals surface area contributed by atoms with Gasteiger partial charge in [0.1, 0.15) is 0 Å². The summed E-state index contributed by atoms with van der Waals surface area (Å²) in [5.74, 6) is 1.80. The van der Waals surface area contributed by atoms with E-state index in [2.05, 4.69) is 41.4 Å². The van der Waals surface area contributed by atoms with Crippen molar-refractivity contribution in [3.63, 3.8) is 0 Å². The van der Waals surface area contributed by atoms with Crippen molar-refractivity contribution in [1.29, 1.82) is 0 Å². The molecule has 4 atom stereocenters. The lowest BCUT2D eigenvalue weighted by molar-refractivity contribution is 0.154. The van der Waals surface area contributed by atoms with Crippen LogP contribution in [0.5, 0.6) is 0 Å². The van der Waals surface area contributed by atoms with Gasteiger partial charge in [0.2, 0.25) is 0 Å². The fourth-order valence-corrected chi connectivity index (χ4v) is 4.83. The Hall–Kier alpha value is -0.860. The van der Waals surface area contributed by atoms with E-state index in [1.165, 1.54) is 38.9 Å². The molecule has 2 fully saturated rings. The quantitative estimate of drug-likeness (QED) is 0.875. The second kappa shape index (κ2) is 4.60. The molecule has 0 bridgehead atoms. The van der Waals surface area contributed by atoms with E-state index in [4.69, 9.17) is 0 Å². The van der Waals surface area contributed by atoms with Gasteiger partial charge in [0, 0.05) is 18.6 Å². The third kappa shape index (κ3) is 1.77. The summed E-state index contributed by atoms with van der Waals surface area (Å²) in [6.45, 7) is 6.18. The zero-order valence-electron chi connectivity index (χ0n) is 11.8. The molecule has 2 aliphatic heterocycles. The summed E-state index contributed by atoms with van der Waals surface area (Å²) >= 11 is 0. The molecule has 3 aliphatic rings. The third-order valence-electron chi connectivity index (χ3n) is 5.68. The van der Waals surface area contributed by atoms with E-state index in [9.17, 15) is 0 Å². The molecule has 1 aromatic rings. The summed E-state index contributed by atoms with van der Waals surface area (Å²) < 4.78 is 0. The van der Waals surface area contributed by atoms with Crippen molar-refractivity contribution < 1.29 is 0 Å². The van der Waals surface area contributed by atoms with Gasteiger partial charge in [-0.25, -0.2) is 0 Å². The van der Waals surface area contributed by atoms with Crippen LogP contribution in [-0.2, 0) is 6.42 Å². The highest BCUT2D eigenvalue weighted by Gasteiger charge is 2.46. The Kier molecular flexibility index (Phi) is 2.89. The van der Waals surface area contributed by atoms with Gasteiger partial charge in [0.05, 0.1) is 0 Å². The van der Waals surface area contributed by atoms with Gasteiger partial charge < -0.3 is 5.32 Å². The van der Waals surface area contributed by atoms with Crippen LogP contribution < -0.4 is 5.32 Å². The van der Waals surface area contributed by atoms with Gasteiger partial charge in [-0.05, 0) is 55.3 Å². The molecule has 2 heteroatoms. The van der Waals surface area contributed by atoms with Crippen molar-refractivity contribution in [2.24, 2.45) is 11.8 Å². The second-order valence-corrected chi connectivity index (χ2v) is 6.51. The Morgan fingerprint density at radius 2 is 2.16 bits per heavy atom. The number of fused-ring (bicyclic) bond motifs is 2. The first kappa shape index (κ1) is 11.9. The van der Waals surface area contributed by atoms with Crippen LogP contribution in [0, 0.1) is 11.8 Å². The molecule has 0 amide bonds. The van der Waals surface area contributed by atoms with E-state index in [0.717, 1.165) is 17.9 Å². The van der Waals surface area contributed by atoms with Crippen molar-refractivity contribution in [2.75, 3.05) is 19.6 Å². The van der Waals surface area contributed by atoms with Crippen LogP contribution in [0.4, 0.5) is 0 Å². The van der Waals surface area contributed by atoms with E-state index in [1.54, 1.807) is 11.1 Å². The molecular weight excluding hydrogens is 232 g/mol. The van der Waals surface area contributed by atoms with Crippen molar-refractivity contribution in [1.82, 2.24) is 10.2 Å². The summed E-state index contributed by atoms with van der Waals surface area (Å²) in [6.07, 6.45) is 3.92. The molecule has 102 valence electrons. The summed E-state index contributed by atoms with van der Waals surface area (Å²) in [5.41, 5.74) is 3.21. The summed E-state index contributed by atoms with van der Waals surface area (Å²) in [7, 11) is 0. The number of nitrogens with zero attached hydrogens (tertiary/aromatic N) is 1. The Morgan fingerprint density at radius 3 is 3.05 bits per heavy atom. The maximum atomic E-state index is 3.59. The predicted molar refractivity (Wildman–Crippen MR) is 78.1 cm³/mol. The minimum absolute atomic E-state index is 0.701. The fraction of sp³-hybridized carbons (Fsp3) is 0.647. The molecule has 2 heterocycles. The number of rotatable bonds is 2. The number of likely N-dealkylation sites (tertiary alicyclic amines) is 1. The standard InChI is InChI=1S/C17H24N2/c1-2-16-15-10-18-9-13(15)11-19(16)17-8-7-12-5-3-4-6-14(12)17/h3-6,13,15-18H,2,7-11H2,1H3. The van der Waals surface area contributed by atoms with Gasteiger partial charge in [0.15, 0.2) is 0 Å². The normalized spacial score (nSPS) is 37.5. The Morgan fingerprint density at radius 1 is 1.26 bits per heavy atom. The van der Waals surface area contributed by atoms with Gasteiger partial charge in [-0.2, -0.15) is 0 Å². The summed E-state index contributed by atoms with van der Waals surface area (Å²) in [6, 6.07) is 10.6. The summed E-state index contributed by atoms with van der Waals surface area (Å²) in [5, 5.41) is 3.59. The van der Waals surface area contributed by atoms with Crippen LogP contribution in [-0.4, -0.2) is 30.6 Å². The molecule has 2 saturated heterocycles. The number of aryl methyl sites for hydroxylation is 1. The smallest absolute Gasteiger partial charge is 0.0357 e. The second-order valence-electron chi connectivity index (χ2n) is 6.51. The highest BCUT2D eigenvalue weighted by molar-refractivity contribution is 5.34. The molecule has 1 aromatic carbocycles. The molecule has 19 heavy (non-hydrogen) atoms. The van der Waals surface area contributed by atoms with E-state index in [0.29, 0.717) is 6.04 Å². The first-order chi connectivity index (χ1) is 9.38. The Bertz CT molecular complexity index is 470. The van der Waals surface area contributed by atoms with Crippen molar-refractivity contribution in [3.8, 4) is 0 Å².